The number of amides is 1. The SMILES string of the molecule is CCCC(C(=O)c1ccccc1C)c1ccc(C(=O)N2CCCC(O)C3=C2CCC(Cl)=C3)c(C)c1. The quantitative estimate of drug-likeness (QED) is 0.450. The molecule has 4 rings (SSSR count). The average Bonchev–Trinajstić information content (AvgIpc) is 3.00. The van der Waals surface area contributed by atoms with E-state index in [1.807, 2.05) is 67.3 Å². The predicted octanol–water partition coefficient (Wildman–Crippen LogP) is 6.84. The van der Waals surface area contributed by atoms with Gasteiger partial charge in [0.05, 0.1) is 6.10 Å². The first-order valence-electron chi connectivity index (χ1n) is 12.6. The summed E-state index contributed by atoms with van der Waals surface area (Å²) >= 11 is 6.26. The van der Waals surface area contributed by atoms with Crippen molar-refractivity contribution in [2.45, 2.75) is 71.3 Å². The van der Waals surface area contributed by atoms with Crippen LogP contribution in [0.15, 0.2) is 64.8 Å². The van der Waals surface area contributed by atoms with Crippen LogP contribution in [0.1, 0.15) is 88.8 Å². The van der Waals surface area contributed by atoms with Crippen LogP contribution in [0.4, 0.5) is 0 Å². The van der Waals surface area contributed by atoms with E-state index in [1.165, 1.54) is 0 Å². The van der Waals surface area contributed by atoms with Gasteiger partial charge in [-0.1, -0.05) is 61.3 Å². The van der Waals surface area contributed by atoms with Gasteiger partial charge in [0, 0.05) is 39.9 Å². The van der Waals surface area contributed by atoms with E-state index in [0.717, 1.165) is 57.8 Å². The molecule has 1 N–H and O–H groups in total. The van der Waals surface area contributed by atoms with Gasteiger partial charge in [0.25, 0.3) is 5.91 Å². The van der Waals surface area contributed by atoms with Crippen molar-refractivity contribution in [2.75, 3.05) is 6.54 Å². The summed E-state index contributed by atoms with van der Waals surface area (Å²) in [7, 11) is 0. The van der Waals surface area contributed by atoms with Gasteiger partial charge >= 0.3 is 0 Å². The van der Waals surface area contributed by atoms with Crippen LogP contribution in [0.25, 0.3) is 0 Å². The first-order chi connectivity index (χ1) is 16.8. The van der Waals surface area contributed by atoms with Crippen LogP contribution in [-0.2, 0) is 0 Å². The van der Waals surface area contributed by atoms with Gasteiger partial charge in [0.15, 0.2) is 5.78 Å². The summed E-state index contributed by atoms with van der Waals surface area (Å²) in [5, 5.41) is 11.3. The number of aryl methyl sites for hydroxylation is 2. The maximum atomic E-state index is 13.7. The summed E-state index contributed by atoms with van der Waals surface area (Å²) in [6.07, 6.45) is 5.55. The van der Waals surface area contributed by atoms with Gasteiger partial charge in [0.2, 0.25) is 0 Å². The van der Waals surface area contributed by atoms with Gasteiger partial charge in [-0.15, -0.1) is 0 Å². The second-order valence-corrected chi connectivity index (χ2v) is 10.2. The Kier molecular flexibility index (Phi) is 7.93. The smallest absolute Gasteiger partial charge is 0.258 e. The van der Waals surface area contributed by atoms with E-state index in [2.05, 4.69) is 6.92 Å². The van der Waals surface area contributed by atoms with E-state index in [4.69, 9.17) is 11.6 Å². The molecule has 0 saturated heterocycles. The van der Waals surface area contributed by atoms with Crippen molar-refractivity contribution >= 4 is 23.3 Å². The molecular formula is C30H34ClNO3. The largest absolute Gasteiger partial charge is 0.388 e. The molecule has 1 aliphatic carbocycles. The number of ketones is 1. The van der Waals surface area contributed by atoms with Crippen LogP contribution in [0.3, 0.4) is 0 Å². The zero-order valence-corrected chi connectivity index (χ0v) is 21.6. The first kappa shape index (κ1) is 25.4. The third-order valence-electron chi connectivity index (χ3n) is 7.22. The van der Waals surface area contributed by atoms with Crippen LogP contribution >= 0.6 is 11.6 Å². The van der Waals surface area contributed by atoms with E-state index in [-0.39, 0.29) is 17.6 Å². The van der Waals surface area contributed by atoms with E-state index < -0.39 is 6.10 Å². The van der Waals surface area contributed by atoms with Crippen molar-refractivity contribution in [2.24, 2.45) is 0 Å². The Hall–Kier alpha value is -2.69. The van der Waals surface area contributed by atoms with Crippen molar-refractivity contribution < 1.29 is 14.7 Å². The lowest BCUT2D eigenvalue weighted by Gasteiger charge is -2.29. The minimum absolute atomic E-state index is 0.0562. The van der Waals surface area contributed by atoms with Crippen molar-refractivity contribution in [1.29, 1.82) is 0 Å². The monoisotopic (exact) mass is 491 g/mol. The zero-order chi connectivity index (χ0) is 25.1. The predicted molar refractivity (Wildman–Crippen MR) is 141 cm³/mol. The molecule has 1 aliphatic heterocycles. The molecule has 0 bridgehead atoms. The highest BCUT2D eigenvalue weighted by Crippen LogP contribution is 2.35. The fraction of sp³-hybridized carbons (Fsp3) is 0.400. The Morgan fingerprint density at radius 2 is 1.86 bits per heavy atom. The second kappa shape index (κ2) is 10.9. The summed E-state index contributed by atoms with van der Waals surface area (Å²) in [5.41, 5.74) is 5.85. The van der Waals surface area contributed by atoms with Crippen molar-refractivity contribution in [1.82, 2.24) is 4.90 Å². The fourth-order valence-electron chi connectivity index (χ4n) is 5.31. The molecule has 0 radical (unpaired) electrons. The number of carbonyl (C=O) groups is 2. The third-order valence-corrected chi connectivity index (χ3v) is 7.52. The maximum absolute atomic E-state index is 13.7. The van der Waals surface area contributed by atoms with Crippen LogP contribution in [0.5, 0.6) is 0 Å². The summed E-state index contributed by atoms with van der Waals surface area (Å²) in [6, 6.07) is 13.5. The van der Waals surface area contributed by atoms with E-state index in [9.17, 15) is 14.7 Å². The molecule has 5 heteroatoms. The molecule has 2 unspecified atom stereocenters. The molecule has 35 heavy (non-hydrogen) atoms. The molecule has 2 aromatic carbocycles. The van der Waals surface area contributed by atoms with Crippen LogP contribution < -0.4 is 0 Å². The number of nitrogens with zero attached hydrogens (tertiary/aromatic N) is 1. The third kappa shape index (κ3) is 5.29. The lowest BCUT2D eigenvalue weighted by molar-refractivity contribution is 0.0799. The Labute approximate surface area is 213 Å². The number of carbonyl (C=O) groups excluding carboxylic acids is 2. The van der Waals surface area contributed by atoms with Crippen LogP contribution in [0, 0.1) is 13.8 Å². The molecule has 1 amide bonds. The highest BCUT2D eigenvalue weighted by atomic mass is 35.5. The Morgan fingerprint density at radius 1 is 1.09 bits per heavy atom. The molecule has 0 fully saturated rings. The molecule has 1 heterocycles. The molecule has 0 saturated carbocycles. The van der Waals surface area contributed by atoms with E-state index >= 15 is 0 Å². The normalized spacial score (nSPS) is 19.1. The van der Waals surface area contributed by atoms with E-state index in [1.54, 1.807) is 0 Å². The molecule has 2 aromatic rings. The fourth-order valence-corrected chi connectivity index (χ4v) is 5.52. The number of hydrogen-bond acceptors (Lipinski definition) is 3. The number of aliphatic hydroxyl groups is 1. The van der Waals surface area contributed by atoms with Gasteiger partial charge in [-0.3, -0.25) is 9.59 Å². The summed E-state index contributed by atoms with van der Waals surface area (Å²) in [5.74, 6) is -0.165. The topological polar surface area (TPSA) is 57.6 Å². The molecule has 0 spiro atoms. The number of aliphatic hydroxyl groups excluding tert-OH is 1. The summed E-state index contributed by atoms with van der Waals surface area (Å²) in [4.78, 5) is 29.0. The van der Waals surface area contributed by atoms with Crippen molar-refractivity contribution in [3.05, 3.63) is 92.7 Å². The van der Waals surface area contributed by atoms with Crippen molar-refractivity contribution in [3.63, 3.8) is 0 Å². The highest BCUT2D eigenvalue weighted by Gasteiger charge is 2.31. The summed E-state index contributed by atoms with van der Waals surface area (Å²) in [6.45, 7) is 6.58. The molecule has 4 nitrogen and oxygen atoms in total. The van der Waals surface area contributed by atoms with Gasteiger partial charge in [-0.25, -0.2) is 0 Å². The van der Waals surface area contributed by atoms with Crippen LogP contribution in [0.2, 0.25) is 0 Å². The lowest BCUT2D eigenvalue weighted by atomic mass is 9.84. The van der Waals surface area contributed by atoms with Gasteiger partial charge in [0.1, 0.15) is 0 Å². The number of allylic oxidation sites excluding steroid dienone is 2. The molecule has 2 atom stereocenters. The minimum Gasteiger partial charge on any atom is -0.388 e. The van der Waals surface area contributed by atoms with Crippen LogP contribution in [-0.4, -0.2) is 34.3 Å². The number of hydrogen-bond donors (Lipinski definition) is 1. The van der Waals surface area contributed by atoms with Gasteiger partial charge in [-0.2, -0.15) is 0 Å². The minimum atomic E-state index is -0.595. The number of rotatable bonds is 6. The number of benzene rings is 2. The van der Waals surface area contributed by atoms with E-state index in [0.29, 0.717) is 31.4 Å². The lowest BCUT2D eigenvalue weighted by Crippen LogP contribution is -2.32. The molecule has 2 aliphatic rings. The Morgan fingerprint density at radius 3 is 2.57 bits per heavy atom. The Balaban J connectivity index is 1.66. The number of Topliss-reactive ketones (excluding diaryl/α,β-unsaturated/α-hetero) is 1. The van der Waals surface area contributed by atoms with Crippen molar-refractivity contribution in [3.8, 4) is 0 Å². The maximum Gasteiger partial charge on any atom is 0.258 e. The summed E-state index contributed by atoms with van der Waals surface area (Å²) < 4.78 is 0. The standard InChI is InChI=1S/C30H34ClNO3/c1-4-8-25(29(34)23-10-6-5-9-19(23)2)21-12-14-24(20(3)17-21)30(35)32-16-7-11-28(33)26-18-22(31)13-15-27(26)32/h5-6,9-10,12,14,17-18,25,28,33H,4,7-8,11,13,15-16H2,1-3H3. The number of halogens is 1. The zero-order valence-electron chi connectivity index (χ0n) is 20.8. The molecular weight excluding hydrogens is 458 g/mol. The highest BCUT2D eigenvalue weighted by molar-refractivity contribution is 6.29. The second-order valence-electron chi connectivity index (χ2n) is 9.70. The van der Waals surface area contributed by atoms with Gasteiger partial charge < -0.3 is 10.0 Å². The molecule has 184 valence electrons. The van der Waals surface area contributed by atoms with Gasteiger partial charge in [-0.05, 0) is 74.8 Å². The molecule has 0 aromatic heterocycles. The Bertz CT molecular complexity index is 1200. The average molecular weight is 492 g/mol. The first-order valence-corrected chi connectivity index (χ1v) is 13.0.